The van der Waals surface area contributed by atoms with Gasteiger partial charge < -0.3 is 10.2 Å². The first-order chi connectivity index (χ1) is 11.8. The van der Waals surface area contributed by atoms with E-state index < -0.39 is 12.1 Å². The average molecular weight is 346 g/mol. The number of allylic oxidation sites excluding steroid dienone is 1. The Morgan fingerprint density at radius 1 is 1.12 bits per heavy atom. The highest BCUT2D eigenvalue weighted by molar-refractivity contribution is 5.91. The number of hydrogen-bond acceptors (Lipinski definition) is 3. The summed E-state index contributed by atoms with van der Waals surface area (Å²) in [5.74, 6) is 0.840. The van der Waals surface area contributed by atoms with Crippen molar-refractivity contribution < 1.29 is 19.8 Å². The molecule has 0 amide bonds. The number of ketones is 1. The first-order valence-corrected chi connectivity index (χ1v) is 9.92. The van der Waals surface area contributed by atoms with Gasteiger partial charge in [0.15, 0.2) is 11.9 Å². The maximum absolute atomic E-state index is 11.9. The molecule has 138 valence electrons. The largest absolute Gasteiger partial charge is 0.479 e. The Labute approximate surface area is 149 Å². The molecule has 3 saturated carbocycles. The fourth-order valence-electron chi connectivity index (χ4n) is 7.29. The smallest absolute Gasteiger partial charge is 0.332 e. The van der Waals surface area contributed by atoms with Crippen LogP contribution in [0.3, 0.4) is 0 Å². The van der Waals surface area contributed by atoms with Gasteiger partial charge in [-0.1, -0.05) is 19.4 Å². The quantitative estimate of drug-likeness (QED) is 0.801. The summed E-state index contributed by atoms with van der Waals surface area (Å²) in [5.41, 5.74) is 1.47. The summed E-state index contributed by atoms with van der Waals surface area (Å²) in [6, 6.07) is 0. The van der Waals surface area contributed by atoms with Crippen molar-refractivity contribution >= 4 is 11.8 Å². The second kappa shape index (κ2) is 5.67. The summed E-state index contributed by atoms with van der Waals surface area (Å²) in [6.45, 7) is 4.60. The van der Waals surface area contributed by atoms with E-state index in [0.29, 0.717) is 24.2 Å². The maximum atomic E-state index is 11.9. The van der Waals surface area contributed by atoms with E-state index >= 15 is 0 Å². The monoisotopic (exact) mass is 346 g/mol. The molecule has 25 heavy (non-hydrogen) atoms. The maximum Gasteiger partial charge on any atom is 0.332 e. The van der Waals surface area contributed by atoms with E-state index in [1.165, 1.54) is 5.57 Å². The van der Waals surface area contributed by atoms with Crippen LogP contribution in [0.15, 0.2) is 11.6 Å². The molecule has 2 N–H and O–H groups in total. The molecule has 4 rings (SSSR count). The Hall–Kier alpha value is -1.16. The van der Waals surface area contributed by atoms with Gasteiger partial charge in [-0.2, -0.15) is 0 Å². The number of carbonyl (C=O) groups is 2. The zero-order chi connectivity index (χ0) is 18.0. The van der Waals surface area contributed by atoms with Crippen molar-refractivity contribution in [3.8, 4) is 0 Å². The van der Waals surface area contributed by atoms with E-state index in [-0.39, 0.29) is 22.5 Å². The van der Waals surface area contributed by atoms with Gasteiger partial charge in [-0.3, -0.25) is 4.79 Å². The SMILES string of the molecule is C[C@]12CC[C@H]3[C@@H](CCC4=CC(=O)CC[C@@]43C)[C@@H]1CC[C@@H]2C(O)C(=O)O. The third-order valence-corrected chi connectivity index (χ3v) is 8.67. The molecule has 0 heterocycles. The van der Waals surface area contributed by atoms with Gasteiger partial charge in [0.05, 0.1) is 0 Å². The Balaban J connectivity index is 1.63. The highest BCUT2D eigenvalue weighted by atomic mass is 16.4. The molecule has 4 aliphatic rings. The van der Waals surface area contributed by atoms with Crippen LogP contribution in [0, 0.1) is 34.5 Å². The number of hydrogen-bond donors (Lipinski definition) is 2. The Morgan fingerprint density at radius 3 is 2.60 bits per heavy atom. The van der Waals surface area contributed by atoms with Crippen LogP contribution in [0.4, 0.5) is 0 Å². The third kappa shape index (κ3) is 2.36. The minimum Gasteiger partial charge on any atom is -0.479 e. The summed E-state index contributed by atoms with van der Waals surface area (Å²) in [6.07, 6.45) is 8.46. The topological polar surface area (TPSA) is 74.6 Å². The number of fused-ring (bicyclic) bond motifs is 5. The van der Waals surface area contributed by atoms with E-state index in [4.69, 9.17) is 0 Å². The molecule has 4 aliphatic carbocycles. The number of aliphatic hydroxyl groups is 1. The highest BCUT2D eigenvalue weighted by Gasteiger charge is 2.60. The molecule has 0 saturated heterocycles. The van der Waals surface area contributed by atoms with Crippen molar-refractivity contribution in [3.05, 3.63) is 11.6 Å². The molecule has 0 spiro atoms. The molecule has 4 heteroatoms. The second-order valence-corrected chi connectivity index (χ2v) is 9.48. The summed E-state index contributed by atoms with van der Waals surface area (Å²) in [4.78, 5) is 23.2. The van der Waals surface area contributed by atoms with Crippen LogP contribution in [0.5, 0.6) is 0 Å². The predicted molar refractivity (Wildman–Crippen MR) is 93.8 cm³/mol. The lowest BCUT2D eigenvalue weighted by atomic mass is 9.46. The summed E-state index contributed by atoms with van der Waals surface area (Å²) in [5, 5.41) is 19.6. The summed E-state index contributed by atoms with van der Waals surface area (Å²) < 4.78 is 0. The molecule has 0 aromatic rings. The van der Waals surface area contributed by atoms with Crippen molar-refractivity contribution in [1.82, 2.24) is 0 Å². The van der Waals surface area contributed by atoms with Crippen LogP contribution in [-0.2, 0) is 9.59 Å². The molecular weight excluding hydrogens is 316 g/mol. The minimum absolute atomic E-state index is 0.0545. The summed E-state index contributed by atoms with van der Waals surface area (Å²) in [7, 11) is 0. The van der Waals surface area contributed by atoms with Crippen molar-refractivity contribution in [1.29, 1.82) is 0 Å². The fourth-order valence-corrected chi connectivity index (χ4v) is 7.29. The van der Waals surface area contributed by atoms with Crippen LogP contribution >= 0.6 is 0 Å². The number of aliphatic carboxylic acids is 1. The minimum atomic E-state index is -1.23. The molecule has 7 atom stereocenters. The number of carbonyl (C=O) groups excluding carboxylic acids is 1. The normalized spacial score (nSPS) is 47.3. The molecular formula is C21H30O4. The van der Waals surface area contributed by atoms with Crippen LogP contribution < -0.4 is 0 Å². The molecule has 3 fully saturated rings. The van der Waals surface area contributed by atoms with Crippen molar-refractivity contribution in [2.45, 2.75) is 71.3 Å². The lowest BCUT2D eigenvalue weighted by Crippen LogP contribution is -2.52. The molecule has 0 radical (unpaired) electrons. The van der Waals surface area contributed by atoms with Gasteiger partial charge in [0.1, 0.15) is 0 Å². The lowest BCUT2D eigenvalue weighted by molar-refractivity contribution is -0.155. The van der Waals surface area contributed by atoms with Crippen molar-refractivity contribution in [2.75, 3.05) is 0 Å². The van der Waals surface area contributed by atoms with Gasteiger partial charge in [0, 0.05) is 12.3 Å². The van der Waals surface area contributed by atoms with Gasteiger partial charge in [-0.05, 0) is 79.6 Å². The zero-order valence-electron chi connectivity index (χ0n) is 15.3. The first kappa shape index (κ1) is 17.3. The predicted octanol–water partition coefficient (Wildman–Crippen LogP) is 3.58. The van der Waals surface area contributed by atoms with Gasteiger partial charge in [-0.25, -0.2) is 4.79 Å². The fraction of sp³-hybridized carbons (Fsp3) is 0.810. The van der Waals surface area contributed by atoms with Crippen molar-refractivity contribution in [2.24, 2.45) is 34.5 Å². The Bertz CT molecular complexity index is 638. The summed E-state index contributed by atoms with van der Waals surface area (Å²) >= 11 is 0. The lowest BCUT2D eigenvalue weighted by Gasteiger charge is -2.58. The van der Waals surface area contributed by atoms with E-state index in [1.807, 2.05) is 6.08 Å². The van der Waals surface area contributed by atoms with E-state index in [9.17, 15) is 19.8 Å². The molecule has 0 bridgehead atoms. The Morgan fingerprint density at radius 2 is 1.88 bits per heavy atom. The van der Waals surface area contributed by atoms with Gasteiger partial charge >= 0.3 is 5.97 Å². The number of carboxylic acids is 1. The van der Waals surface area contributed by atoms with E-state index in [1.54, 1.807) is 0 Å². The molecule has 0 aromatic carbocycles. The van der Waals surface area contributed by atoms with Crippen LogP contribution in [-0.4, -0.2) is 28.1 Å². The van der Waals surface area contributed by atoms with E-state index in [2.05, 4.69) is 13.8 Å². The molecule has 0 aliphatic heterocycles. The van der Waals surface area contributed by atoms with Gasteiger partial charge in [-0.15, -0.1) is 0 Å². The second-order valence-electron chi connectivity index (χ2n) is 9.48. The standard InChI is InChI=1S/C21H30O4/c1-20-9-7-13(22)11-12(20)3-4-14-15-5-6-17(18(23)19(24)25)21(15,2)10-8-16(14)20/h11,14-18,23H,3-10H2,1-2H3,(H,24,25)/t14-,15-,16-,17+,18?,20-,21-/m0/s1. The number of carboxylic acid groups (broad SMARTS) is 1. The number of rotatable bonds is 2. The molecule has 1 unspecified atom stereocenters. The highest BCUT2D eigenvalue weighted by Crippen LogP contribution is 2.66. The molecule has 0 aromatic heterocycles. The van der Waals surface area contributed by atoms with Crippen LogP contribution in [0.25, 0.3) is 0 Å². The third-order valence-electron chi connectivity index (χ3n) is 8.67. The average Bonchev–Trinajstić information content (AvgIpc) is 2.92. The van der Waals surface area contributed by atoms with Gasteiger partial charge in [0.25, 0.3) is 0 Å². The van der Waals surface area contributed by atoms with E-state index in [0.717, 1.165) is 44.9 Å². The Kier molecular flexibility index (Phi) is 3.91. The van der Waals surface area contributed by atoms with Gasteiger partial charge in [0.2, 0.25) is 0 Å². The van der Waals surface area contributed by atoms with Crippen LogP contribution in [0.2, 0.25) is 0 Å². The zero-order valence-corrected chi connectivity index (χ0v) is 15.3. The molecule has 4 nitrogen and oxygen atoms in total. The van der Waals surface area contributed by atoms with Crippen LogP contribution in [0.1, 0.15) is 65.2 Å². The number of aliphatic hydroxyl groups excluding tert-OH is 1. The van der Waals surface area contributed by atoms with Crippen molar-refractivity contribution in [3.63, 3.8) is 0 Å². The first-order valence-electron chi connectivity index (χ1n) is 9.92.